The van der Waals surface area contributed by atoms with Crippen molar-refractivity contribution in [2.24, 2.45) is 0 Å². The third-order valence-electron chi connectivity index (χ3n) is 4.33. The third kappa shape index (κ3) is 4.57. The molecule has 26 heavy (non-hydrogen) atoms. The van der Waals surface area contributed by atoms with Gasteiger partial charge in [0.2, 0.25) is 5.91 Å². The Morgan fingerprint density at radius 3 is 2.35 bits per heavy atom. The predicted octanol–water partition coefficient (Wildman–Crippen LogP) is -1.19. The van der Waals surface area contributed by atoms with Crippen molar-refractivity contribution in [2.45, 2.75) is 49.9 Å². The number of carbonyl (C=O) groups is 2. The van der Waals surface area contributed by atoms with Gasteiger partial charge in [0.25, 0.3) is 0 Å². The predicted molar refractivity (Wildman–Crippen MR) is 89.9 cm³/mol. The van der Waals surface area contributed by atoms with Crippen molar-refractivity contribution in [1.82, 2.24) is 10.6 Å². The van der Waals surface area contributed by atoms with Gasteiger partial charge in [0, 0.05) is 0 Å². The fourth-order valence-corrected chi connectivity index (χ4v) is 2.84. The molecule has 1 aromatic rings. The fourth-order valence-electron chi connectivity index (χ4n) is 2.84. The highest BCUT2D eigenvalue weighted by molar-refractivity contribution is 5.97. The van der Waals surface area contributed by atoms with Crippen molar-refractivity contribution >= 4 is 11.9 Å². The van der Waals surface area contributed by atoms with E-state index in [0.29, 0.717) is 6.42 Å². The van der Waals surface area contributed by atoms with Crippen molar-refractivity contribution in [2.75, 3.05) is 6.61 Å². The molecule has 0 saturated carbocycles. The van der Waals surface area contributed by atoms with E-state index in [2.05, 4.69) is 10.6 Å². The molecule has 3 amide bonds. The van der Waals surface area contributed by atoms with E-state index in [-0.39, 0.29) is 0 Å². The van der Waals surface area contributed by atoms with Crippen LogP contribution in [0.15, 0.2) is 30.3 Å². The van der Waals surface area contributed by atoms with E-state index in [1.165, 1.54) is 0 Å². The molecule has 9 nitrogen and oxygen atoms in total. The van der Waals surface area contributed by atoms with Gasteiger partial charge in [-0.3, -0.25) is 10.1 Å². The molecule has 1 aromatic carbocycles. The van der Waals surface area contributed by atoms with Gasteiger partial charge in [-0.15, -0.1) is 0 Å². The van der Waals surface area contributed by atoms with Gasteiger partial charge in [0.1, 0.15) is 24.4 Å². The summed E-state index contributed by atoms with van der Waals surface area (Å²) in [4.78, 5) is 24.4. The molecule has 1 aliphatic rings. The lowest BCUT2D eigenvalue weighted by Crippen LogP contribution is -2.64. The number of urea groups is 1. The van der Waals surface area contributed by atoms with Crippen LogP contribution in [0.25, 0.3) is 0 Å². The maximum Gasteiger partial charge on any atom is 0.323 e. The highest BCUT2D eigenvalue weighted by atomic mass is 16.6. The van der Waals surface area contributed by atoms with E-state index in [4.69, 9.17) is 9.84 Å². The minimum Gasteiger partial charge on any atom is -0.394 e. The maximum atomic E-state index is 12.3. The van der Waals surface area contributed by atoms with Gasteiger partial charge in [0.05, 0.1) is 12.5 Å². The zero-order valence-corrected chi connectivity index (χ0v) is 14.3. The summed E-state index contributed by atoms with van der Waals surface area (Å²) in [6.45, 7) is 1.20. The molecule has 0 aliphatic carbocycles. The smallest absolute Gasteiger partial charge is 0.323 e. The minimum atomic E-state index is -1.62. The fraction of sp³-hybridized carbons (Fsp3) is 0.529. The molecule has 0 unspecified atom stereocenters. The molecule has 0 spiro atoms. The van der Waals surface area contributed by atoms with Crippen molar-refractivity contribution in [1.29, 1.82) is 0 Å². The van der Waals surface area contributed by atoms with Gasteiger partial charge >= 0.3 is 6.03 Å². The quantitative estimate of drug-likeness (QED) is 0.383. The first-order valence-electron chi connectivity index (χ1n) is 8.35. The van der Waals surface area contributed by atoms with E-state index in [9.17, 15) is 24.9 Å². The van der Waals surface area contributed by atoms with Gasteiger partial charge in [0.15, 0.2) is 6.23 Å². The summed E-state index contributed by atoms with van der Waals surface area (Å²) in [7, 11) is 0. The third-order valence-corrected chi connectivity index (χ3v) is 4.33. The number of aliphatic hydroxyl groups excluding tert-OH is 4. The summed E-state index contributed by atoms with van der Waals surface area (Å²) in [6.07, 6.45) is -6.83. The Labute approximate surface area is 150 Å². The molecule has 6 atom stereocenters. The van der Waals surface area contributed by atoms with Crippen molar-refractivity contribution in [3.05, 3.63) is 35.9 Å². The van der Waals surface area contributed by atoms with Crippen LogP contribution >= 0.6 is 0 Å². The average molecular weight is 368 g/mol. The minimum absolute atomic E-state index is 0.475. The monoisotopic (exact) mass is 368 g/mol. The lowest BCUT2D eigenvalue weighted by molar-refractivity contribution is -0.233. The molecule has 0 radical (unpaired) electrons. The second-order valence-electron chi connectivity index (χ2n) is 6.08. The molecule has 0 aromatic heterocycles. The molecule has 144 valence electrons. The Morgan fingerprint density at radius 1 is 1.12 bits per heavy atom. The van der Waals surface area contributed by atoms with E-state index in [1.807, 2.05) is 13.0 Å². The van der Waals surface area contributed by atoms with Crippen LogP contribution in [0.1, 0.15) is 24.8 Å². The van der Waals surface area contributed by atoms with E-state index in [0.717, 1.165) is 5.56 Å². The summed E-state index contributed by atoms with van der Waals surface area (Å²) in [5, 5.41) is 42.8. The first-order chi connectivity index (χ1) is 12.4. The van der Waals surface area contributed by atoms with Crippen LogP contribution in [0, 0.1) is 0 Å². The van der Waals surface area contributed by atoms with Crippen LogP contribution in [-0.2, 0) is 9.53 Å². The summed E-state index contributed by atoms with van der Waals surface area (Å²) in [6, 6.07) is 8.04. The summed E-state index contributed by atoms with van der Waals surface area (Å²) < 4.78 is 5.16. The molecule has 1 saturated heterocycles. The molecule has 1 aliphatic heterocycles. The van der Waals surface area contributed by atoms with Crippen molar-refractivity contribution < 1.29 is 34.8 Å². The highest BCUT2D eigenvalue weighted by Crippen LogP contribution is 2.21. The average Bonchev–Trinajstić information content (AvgIpc) is 2.63. The molecule has 9 heteroatoms. The number of amides is 3. The number of imide groups is 1. The normalized spacial score (nSPS) is 29.7. The lowest BCUT2D eigenvalue weighted by atomic mass is 9.96. The SMILES string of the molecule is CC[C@H](C(=O)NC(=O)N[C@@H]1O[C@H](CO)[C@@H](O)[C@H](O)[C@H]1O)c1ccccc1. The van der Waals surface area contributed by atoms with Gasteiger partial charge in [-0.05, 0) is 12.0 Å². The van der Waals surface area contributed by atoms with Crippen LogP contribution in [0.4, 0.5) is 4.79 Å². The summed E-state index contributed by atoms with van der Waals surface area (Å²) in [5.41, 5.74) is 0.758. The zero-order valence-electron chi connectivity index (χ0n) is 14.3. The molecule has 6 N–H and O–H groups in total. The van der Waals surface area contributed by atoms with Crippen LogP contribution in [0.3, 0.4) is 0 Å². The highest BCUT2D eigenvalue weighted by Gasteiger charge is 2.44. The van der Waals surface area contributed by atoms with Crippen LogP contribution in [0.5, 0.6) is 0 Å². The van der Waals surface area contributed by atoms with Gasteiger partial charge in [-0.2, -0.15) is 0 Å². The molecule has 1 fully saturated rings. The maximum absolute atomic E-state index is 12.3. The number of aliphatic hydroxyl groups is 4. The first kappa shape index (κ1) is 20.3. The van der Waals surface area contributed by atoms with Crippen molar-refractivity contribution in [3.8, 4) is 0 Å². The number of benzene rings is 1. The standard InChI is InChI=1S/C17H24N2O7/c1-2-10(9-6-4-3-5-7-9)15(24)18-17(25)19-16-14(23)13(22)12(21)11(8-20)26-16/h3-7,10-14,16,20-23H,2,8H2,1H3,(H2,18,19,24,25)/t10-,11+,12+,13-,14+,16+/m0/s1. The molecular formula is C17H24N2O7. The van der Waals surface area contributed by atoms with E-state index < -0.39 is 55.1 Å². The Kier molecular flexibility index (Phi) is 7.06. The number of ether oxygens (including phenoxy) is 1. The Bertz CT molecular complexity index is 610. The first-order valence-corrected chi connectivity index (χ1v) is 8.35. The number of rotatable bonds is 5. The molecule has 0 bridgehead atoms. The van der Waals surface area contributed by atoms with Crippen LogP contribution < -0.4 is 10.6 Å². The molecular weight excluding hydrogens is 344 g/mol. The summed E-state index contributed by atoms with van der Waals surface area (Å²) >= 11 is 0. The number of carbonyl (C=O) groups excluding carboxylic acids is 2. The Balaban J connectivity index is 1.98. The Morgan fingerprint density at radius 2 is 1.77 bits per heavy atom. The number of nitrogens with one attached hydrogen (secondary N) is 2. The van der Waals surface area contributed by atoms with Crippen LogP contribution in [0.2, 0.25) is 0 Å². The summed E-state index contributed by atoms with van der Waals surface area (Å²) in [5.74, 6) is -1.06. The van der Waals surface area contributed by atoms with Gasteiger partial charge < -0.3 is 30.5 Å². The largest absolute Gasteiger partial charge is 0.394 e. The molecule has 1 heterocycles. The second-order valence-corrected chi connectivity index (χ2v) is 6.08. The second kappa shape index (κ2) is 9.06. The topological polar surface area (TPSA) is 148 Å². The van der Waals surface area contributed by atoms with Gasteiger partial charge in [-0.1, -0.05) is 37.3 Å². The van der Waals surface area contributed by atoms with E-state index >= 15 is 0 Å². The Hall–Kier alpha value is -2.04. The number of hydrogen-bond donors (Lipinski definition) is 6. The lowest BCUT2D eigenvalue weighted by Gasteiger charge is -2.40. The van der Waals surface area contributed by atoms with E-state index in [1.54, 1.807) is 24.3 Å². The van der Waals surface area contributed by atoms with Crippen LogP contribution in [-0.4, -0.2) is 69.6 Å². The number of hydrogen-bond acceptors (Lipinski definition) is 7. The molecule has 2 rings (SSSR count). The zero-order chi connectivity index (χ0) is 19.3. The van der Waals surface area contributed by atoms with Crippen molar-refractivity contribution in [3.63, 3.8) is 0 Å². The van der Waals surface area contributed by atoms with Gasteiger partial charge in [-0.25, -0.2) is 4.79 Å².